The molecule has 0 atom stereocenters. The van der Waals surface area contributed by atoms with Crippen LogP contribution in [0.1, 0.15) is 78.4 Å². The van der Waals surface area contributed by atoms with Crippen LogP contribution in [0.5, 0.6) is 17.2 Å². The minimum Gasteiger partial charge on any atom is -0.506 e. The number of carbonyl (C=O) groups excluding carboxylic acids is 3. The number of benzene rings is 3. The number of fused-ring (bicyclic) bond motifs is 1. The van der Waals surface area contributed by atoms with Gasteiger partial charge in [0.05, 0.1) is 45.5 Å². The van der Waals surface area contributed by atoms with E-state index in [4.69, 9.17) is 18.9 Å². The van der Waals surface area contributed by atoms with Gasteiger partial charge in [-0.1, -0.05) is 55.7 Å². The van der Waals surface area contributed by atoms with Crippen molar-refractivity contribution < 1.29 is 38.4 Å². The van der Waals surface area contributed by atoms with Crippen LogP contribution >= 0.6 is 0 Å². The number of rotatable bonds is 17. The van der Waals surface area contributed by atoms with Crippen LogP contribution in [0.3, 0.4) is 0 Å². The van der Waals surface area contributed by atoms with E-state index in [9.17, 15) is 19.5 Å². The number of phenolic OH excluding ortho intramolecular Hbond substituents is 1. The molecular formula is C46H61N5O8. The molecule has 3 fully saturated rings. The molecule has 2 saturated heterocycles. The van der Waals surface area contributed by atoms with Gasteiger partial charge in [-0.15, -0.1) is 0 Å². The average molecular weight is 812 g/mol. The molecule has 59 heavy (non-hydrogen) atoms. The van der Waals surface area contributed by atoms with Gasteiger partial charge in [-0.25, -0.2) is 0 Å². The number of methoxy groups -OCH3 is 1. The SMILES string of the molecule is COc1cccc(C(=O)N2CCOC3(CCN(Cc4cccc(CCOCCC(=O)N(CCNCCc5ccc(O)c6c5OCC(=O)N6)C5CCCCC5)c4)CC3)C2)c1. The smallest absolute Gasteiger partial charge is 0.262 e. The summed E-state index contributed by atoms with van der Waals surface area (Å²) >= 11 is 0. The van der Waals surface area contributed by atoms with Gasteiger partial charge in [0.15, 0.2) is 12.4 Å². The number of anilines is 1. The van der Waals surface area contributed by atoms with Gasteiger partial charge in [0.2, 0.25) is 5.91 Å². The summed E-state index contributed by atoms with van der Waals surface area (Å²) in [4.78, 5) is 45.1. The van der Waals surface area contributed by atoms with Crippen LogP contribution < -0.4 is 20.1 Å². The summed E-state index contributed by atoms with van der Waals surface area (Å²) < 4.78 is 23.4. The Labute approximate surface area is 348 Å². The first-order chi connectivity index (χ1) is 28.8. The third-order valence-electron chi connectivity index (χ3n) is 12.3. The van der Waals surface area contributed by atoms with Gasteiger partial charge >= 0.3 is 0 Å². The van der Waals surface area contributed by atoms with E-state index < -0.39 is 0 Å². The van der Waals surface area contributed by atoms with E-state index >= 15 is 0 Å². The number of amides is 3. The molecule has 3 amide bonds. The number of hydrogen-bond acceptors (Lipinski definition) is 10. The summed E-state index contributed by atoms with van der Waals surface area (Å²) in [6, 6.07) is 19.8. The summed E-state index contributed by atoms with van der Waals surface area (Å²) in [7, 11) is 1.61. The van der Waals surface area contributed by atoms with Crippen LogP contribution in [-0.2, 0) is 38.4 Å². The van der Waals surface area contributed by atoms with E-state index in [2.05, 4.69) is 44.7 Å². The van der Waals surface area contributed by atoms with Crippen molar-refractivity contribution in [2.24, 2.45) is 0 Å². The zero-order valence-corrected chi connectivity index (χ0v) is 34.6. The molecule has 7 rings (SSSR count). The molecule has 3 N–H and O–H groups in total. The normalized spacial score (nSPS) is 18.2. The highest BCUT2D eigenvalue weighted by Gasteiger charge is 2.41. The van der Waals surface area contributed by atoms with Crippen LogP contribution in [0.2, 0.25) is 0 Å². The quantitative estimate of drug-likeness (QED) is 0.123. The molecule has 13 nitrogen and oxygen atoms in total. The largest absolute Gasteiger partial charge is 0.506 e. The summed E-state index contributed by atoms with van der Waals surface area (Å²) in [5.41, 5.74) is 4.08. The molecular weight excluding hydrogens is 751 g/mol. The lowest BCUT2D eigenvalue weighted by molar-refractivity contribution is -0.135. The maximum absolute atomic E-state index is 13.5. The number of hydrogen-bond donors (Lipinski definition) is 3. The Morgan fingerprint density at radius 1 is 0.966 bits per heavy atom. The molecule has 13 heteroatoms. The van der Waals surface area contributed by atoms with Gasteiger partial charge in [0.25, 0.3) is 11.8 Å². The van der Waals surface area contributed by atoms with Crippen molar-refractivity contribution in [2.45, 2.75) is 82.4 Å². The molecule has 1 aliphatic carbocycles. The lowest BCUT2D eigenvalue weighted by Crippen LogP contribution is -2.57. The summed E-state index contributed by atoms with van der Waals surface area (Å²) in [5, 5.41) is 16.3. The van der Waals surface area contributed by atoms with E-state index in [-0.39, 0.29) is 41.7 Å². The Morgan fingerprint density at radius 2 is 1.78 bits per heavy atom. The number of piperidine rings is 1. The van der Waals surface area contributed by atoms with Crippen molar-refractivity contribution in [2.75, 3.05) is 84.7 Å². The van der Waals surface area contributed by atoms with Crippen LogP contribution in [0.15, 0.2) is 60.7 Å². The molecule has 3 aliphatic heterocycles. The number of nitrogens with one attached hydrogen (secondary N) is 2. The van der Waals surface area contributed by atoms with E-state index in [1.165, 1.54) is 17.5 Å². The molecule has 1 spiro atoms. The Bertz CT molecular complexity index is 1890. The Kier molecular flexibility index (Phi) is 14.8. The number of aromatic hydroxyl groups is 1. The average Bonchev–Trinajstić information content (AvgIpc) is 3.26. The summed E-state index contributed by atoms with van der Waals surface area (Å²) in [5.74, 6) is 1.10. The number of ether oxygens (including phenoxy) is 4. The Balaban J connectivity index is 0.812. The number of phenols is 1. The predicted octanol–water partition coefficient (Wildman–Crippen LogP) is 5.18. The van der Waals surface area contributed by atoms with E-state index in [0.29, 0.717) is 88.1 Å². The first kappa shape index (κ1) is 42.4. The highest BCUT2D eigenvalue weighted by atomic mass is 16.5. The van der Waals surface area contributed by atoms with Crippen molar-refractivity contribution in [3.05, 3.63) is 82.9 Å². The number of morpholine rings is 1. The highest BCUT2D eigenvalue weighted by molar-refractivity contribution is 5.97. The van der Waals surface area contributed by atoms with Gasteiger partial charge in [0, 0.05) is 50.9 Å². The van der Waals surface area contributed by atoms with Crippen molar-refractivity contribution in [1.82, 2.24) is 20.0 Å². The van der Waals surface area contributed by atoms with Gasteiger partial charge in [-0.3, -0.25) is 19.3 Å². The molecule has 4 aliphatic rings. The van der Waals surface area contributed by atoms with Gasteiger partial charge in [0.1, 0.15) is 17.2 Å². The Hall–Kier alpha value is -4.69. The Morgan fingerprint density at radius 3 is 2.61 bits per heavy atom. The summed E-state index contributed by atoms with van der Waals surface area (Å²) in [6.45, 7) is 7.34. The second-order valence-electron chi connectivity index (χ2n) is 16.4. The lowest BCUT2D eigenvalue weighted by Gasteiger charge is -2.47. The molecule has 0 aromatic heterocycles. The monoisotopic (exact) mass is 811 g/mol. The fourth-order valence-electron chi connectivity index (χ4n) is 8.98. The zero-order chi connectivity index (χ0) is 41.0. The number of carbonyl (C=O) groups is 3. The van der Waals surface area contributed by atoms with Gasteiger partial charge < -0.3 is 44.5 Å². The molecule has 1 saturated carbocycles. The highest BCUT2D eigenvalue weighted by Crippen LogP contribution is 2.39. The number of nitrogens with zero attached hydrogens (tertiary/aromatic N) is 3. The third-order valence-corrected chi connectivity index (χ3v) is 12.3. The van der Waals surface area contributed by atoms with E-state index in [1.54, 1.807) is 19.2 Å². The maximum Gasteiger partial charge on any atom is 0.262 e. The standard InChI is InChI=1S/C46H61N5O8/c1-56-39-12-6-9-37(30-39)45(55)50-25-28-59-46(33-50)18-22-49(23-19-46)31-35-8-5-7-34(29-35)16-26-57-27-17-42(54)51(38-10-3-2-4-11-38)24-21-47-20-15-36-13-14-40(52)43-44(36)58-32-41(53)48-43/h5-9,12-14,29-30,38,47,52H,2-4,10-11,15-28,31-33H2,1H3,(H,48,53). The zero-order valence-electron chi connectivity index (χ0n) is 34.6. The minimum atomic E-state index is -0.303. The van der Waals surface area contributed by atoms with Crippen molar-refractivity contribution >= 4 is 23.4 Å². The second-order valence-corrected chi connectivity index (χ2v) is 16.4. The van der Waals surface area contributed by atoms with Crippen molar-refractivity contribution in [3.63, 3.8) is 0 Å². The topological polar surface area (TPSA) is 142 Å². The molecule has 318 valence electrons. The van der Waals surface area contributed by atoms with Crippen LogP contribution in [0, 0.1) is 0 Å². The number of likely N-dealkylation sites (tertiary alicyclic amines) is 1. The van der Waals surface area contributed by atoms with Gasteiger partial charge in [-0.05, 0) is 86.0 Å². The molecule has 3 aromatic carbocycles. The lowest BCUT2D eigenvalue weighted by atomic mass is 9.88. The molecule has 0 unspecified atom stereocenters. The second kappa shape index (κ2) is 20.5. The van der Waals surface area contributed by atoms with E-state index in [0.717, 1.165) is 70.1 Å². The van der Waals surface area contributed by atoms with E-state index in [1.807, 2.05) is 29.2 Å². The predicted molar refractivity (Wildman–Crippen MR) is 225 cm³/mol. The molecule has 3 aromatic rings. The molecule has 0 radical (unpaired) electrons. The maximum atomic E-state index is 13.5. The first-order valence-electron chi connectivity index (χ1n) is 21.5. The van der Waals surface area contributed by atoms with Gasteiger partial charge in [-0.2, -0.15) is 0 Å². The fraction of sp³-hybridized carbons (Fsp3) is 0.543. The minimum absolute atomic E-state index is 0.00557. The van der Waals surface area contributed by atoms with Crippen LogP contribution in [0.4, 0.5) is 5.69 Å². The van der Waals surface area contributed by atoms with Crippen LogP contribution in [-0.4, -0.2) is 129 Å². The molecule has 0 bridgehead atoms. The molecule has 3 heterocycles. The third kappa shape index (κ3) is 11.3. The fourth-order valence-corrected chi connectivity index (χ4v) is 8.98. The summed E-state index contributed by atoms with van der Waals surface area (Å²) in [6.07, 6.45) is 9.21. The first-order valence-corrected chi connectivity index (χ1v) is 21.5. The van der Waals surface area contributed by atoms with Crippen molar-refractivity contribution in [1.29, 1.82) is 0 Å². The van der Waals surface area contributed by atoms with Crippen molar-refractivity contribution in [3.8, 4) is 17.2 Å². The van der Waals surface area contributed by atoms with Crippen LogP contribution in [0.25, 0.3) is 0 Å².